The number of anilines is 1. The van der Waals surface area contributed by atoms with E-state index in [-0.39, 0.29) is 12.2 Å². The molecule has 7 heteroatoms. The molecule has 30 heavy (non-hydrogen) atoms. The number of benzene rings is 2. The maximum atomic E-state index is 13.2. The van der Waals surface area contributed by atoms with Gasteiger partial charge in [-0.1, -0.05) is 24.8 Å². The number of hydrogen-bond acceptors (Lipinski definition) is 5. The van der Waals surface area contributed by atoms with Crippen LogP contribution in [0.5, 0.6) is 11.5 Å². The number of carbonyl (C=O) groups excluding carboxylic acids is 3. The van der Waals surface area contributed by atoms with Gasteiger partial charge < -0.3 is 9.47 Å². The summed E-state index contributed by atoms with van der Waals surface area (Å²) in [7, 11) is 1.52. The van der Waals surface area contributed by atoms with Crippen molar-refractivity contribution in [3.8, 4) is 11.5 Å². The van der Waals surface area contributed by atoms with Crippen molar-refractivity contribution in [1.29, 1.82) is 0 Å². The summed E-state index contributed by atoms with van der Waals surface area (Å²) in [6.45, 7) is 7.50. The first kappa shape index (κ1) is 20.9. The zero-order chi connectivity index (χ0) is 21.8. The van der Waals surface area contributed by atoms with Gasteiger partial charge in [-0.05, 0) is 49.2 Å². The lowest BCUT2D eigenvalue weighted by Gasteiger charge is -2.28. The number of urea groups is 1. The lowest BCUT2D eigenvalue weighted by atomic mass is 10.0. The van der Waals surface area contributed by atoms with Crippen LogP contribution >= 0.6 is 0 Å². The monoisotopic (exact) mass is 406 g/mol. The van der Waals surface area contributed by atoms with Gasteiger partial charge in [0.1, 0.15) is 23.7 Å². The number of hydrogen-bond donors (Lipinski definition) is 1. The molecular formula is C23H22N2O5. The molecule has 1 saturated heterocycles. The highest BCUT2D eigenvalue weighted by Gasteiger charge is 2.37. The Hall–Kier alpha value is -3.87. The molecule has 1 heterocycles. The van der Waals surface area contributed by atoms with Crippen LogP contribution in [0.3, 0.4) is 0 Å². The Morgan fingerprint density at radius 2 is 1.87 bits per heavy atom. The molecule has 0 aromatic heterocycles. The first-order chi connectivity index (χ1) is 14.3. The molecule has 0 spiro atoms. The lowest BCUT2D eigenvalue weighted by molar-refractivity contribution is -0.122. The molecular weight excluding hydrogens is 384 g/mol. The number of barbiturate groups is 1. The minimum absolute atomic E-state index is 0.177. The first-order valence-electron chi connectivity index (χ1n) is 9.26. The van der Waals surface area contributed by atoms with Crippen molar-refractivity contribution in [2.75, 3.05) is 18.6 Å². The Balaban J connectivity index is 2.07. The highest BCUT2D eigenvalue weighted by Crippen LogP contribution is 2.30. The molecule has 1 fully saturated rings. The van der Waals surface area contributed by atoms with E-state index in [0.717, 1.165) is 16.0 Å². The Kier molecular flexibility index (Phi) is 6.01. The summed E-state index contributed by atoms with van der Waals surface area (Å²) in [5, 5.41) is 2.24. The predicted octanol–water partition coefficient (Wildman–Crippen LogP) is 3.54. The van der Waals surface area contributed by atoms with Gasteiger partial charge >= 0.3 is 6.03 Å². The second kappa shape index (κ2) is 8.65. The van der Waals surface area contributed by atoms with Gasteiger partial charge in [0.15, 0.2) is 0 Å². The molecule has 1 aliphatic rings. The van der Waals surface area contributed by atoms with Crippen molar-refractivity contribution in [2.45, 2.75) is 13.8 Å². The number of imide groups is 2. The van der Waals surface area contributed by atoms with E-state index < -0.39 is 17.8 Å². The summed E-state index contributed by atoms with van der Waals surface area (Å²) >= 11 is 0. The molecule has 154 valence electrons. The fraction of sp³-hybridized carbons (Fsp3) is 0.174. The van der Waals surface area contributed by atoms with Crippen LogP contribution in [0.2, 0.25) is 0 Å². The second-order valence-electron chi connectivity index (χ2n) is 6.75. The minimum atomic E-state index is -0.784. The summed E-state index contributed by atoms with van der Waals surface area (Å²) in [5.74, 6) is -0.500. The van der Waals surface area contributed by atoms with Gasteiger partial charge in [-0.2, -0.15) is 0 Å². The van der Waals surface area contributed by atoms with E-state index in [0.29, 0.717) is 22.7 Å². The molecule has 0 atom stereocenters. The number of rotatable bonds is 6. The van der Waals surface area contributed by atoms with Crippen molar-refractivity contribution in [3.05, 3.63) is 71.3 Å². The zero-order valence-corrected chi connectivity index (χ0v) is 17.0. The third-order valence-electron chi connectivity index (χ3n) is 4.58. The molecule has 3 rings (SSSR count). The van der Waals surface area contributed by atoms with Crippen LogP contribution in [-0.4, -0.2) is 31.6 Å². The average molecular weight is 406 g/mol. The third-order valence-corrected chi connectivity index (χ3v) is 4.58. The first-order valence-corrected chi connectivity index (χ1v) is 9.26. The Morgan fingerprint density at radius 1 is 1.10 bits per heavy atom. The van der Waals surface area contributed by atoms with E-state index in [9.17, 15) is 14.4 Å². The molecule has 0 bridgehead atoms. The molecule has 1 N–H and O–H groups in total. The van der Waals surface area contributed by atoms with Crippen molar-refractivity contribution in [3.63, 3.8) is 0 Å². The highest BCUT2D eigenvalue weighted by atomic mass is 16.5. The van der Waals surface area contributed by atoms with Crippen LogP contribution in [0, 0.1) is 13.8 Å². The van der Waals surface area contributed by atoms with Gasteiger partial charge in [0.2, 0.25) is 0 Å². The van der Waals surface area contributed by atoms with Crippen molar-refractivity contribution < 1.29 is 23.9 Å². The van der Waals surface area contributed by atoms with Gasteiger partial charge in [0.05, 0.1) is 12.8 Å². The smallest absolute Gasteiger partial charge is 0.335 e. The Morgan fingerprint density at radius 3 is 2.57 bits per heavy atom. The maximum absolute atomic E-state index is 13.2. The second-order valence-corrected chi connectivity index (χ2v) is 6.75. The van der Waals surface area contributed by atoms with Crippen LogP contribution in [-0.2, 0) is 9.59 Å². The number of ether oxygens (including phenoxy) is 2. The summed E-state index contributed by atoms with van der Waals surface area (Å²) < 4.78 is 10.9. The lowest BCUT2D eigenvalue weighted by Crippen LogP contribution is -2.54. The molecule has 4 amide bonds. The van der Waals surface area contributed by atoms with Crippen LogP contribution < -0.4 is 19.7 Å². The van der Waals surface area contributed by atoms with Gasteiger partial charge in [-0.3, -0.25) is 14.9 Å². The molecule has 7 nitrogen and oxygen atoms in total. The number of nitrogens with zero attached hydrogens (tertiary/aromatic N) is 1. The van der Waals surface area contributed by atoms with E-state index >= 15 is 0 Å². The highest BCUT2D eigenvalue weighted by molar-refractivity contribution is 6.39. The van der Waals surface area contributed by atoms with Crippen LogP contribution in [0.1, 0.15) is 16.7 Å². The summed E-state index contributed by atoms with van der Waals surface area (Å²) in [6, 6.07) is 9.65. The van der Waals surface area contributed by atoms with E-state index in [4.69, 9.17) is 9.47 Å². The van der Waals surface area contributed by atoms with Crippen molar-refractivity contribution in [2.24, 2.45) is 0 Å². The molecule has 0 unspecified atom stereocenters. The standard InChI is InChI=1S/C23H22N2O5/c1-5-10-30-20-13-17(29-4)9-8-16(20)12-18-21(26)24-23(28)25(22(18)27)19-11-14(2)6-7-15(19)3/h5-9,11-13H,1,10H2,2-4H3,(H,24,26,28)/b18-12+. The van der Waals surface area contributed by atoms with Gasteiger partial charge in [0, 0.05) is 11.6 Å². The third kappa shape index (κ3) is 4.10. The van der Waals surface area contributed by atoms with Crippen LogP contribution in [0.4, 0.5) is 10.5 Å². The van der Waals surface area contributed by atoms with Crippen LogP contribution in [0.15, 0.2) is 54.6 Å². The van der Waals surface area contributed by atoms with Gasteiger partial charge in [-0.25, -0.2) is 9.69 Å². The molecule has 0 aliphatic carbocycles. The van der Waals surface area contributed by atoms with Gasteiger partial charge in [-0.15, -0.1) is 0 Å². The molecule has 2 aromatic carbocycles. The minimum Gasteiger partial charge on any atom is -0.497 e. The fourth-order valence-corrected chi connectivity index (χ4v) is 3.03. The number of nitrogens with one attached hydrogen (secondary N) is 1. The van der Waals surface area contributed by atoms with E-state index in [1.54, 1.807) is 37.3 Å². The van der Waals surface area contributed by atoms with E-state index in [1.165, 1.54) is 13.2 Å². The molecule has 0 saturated carbocycles. The largest absolute Gasteiger partial charge is 0.497 e. The quantitative estimate of drug-likeness (QED) is 0.451. The summed E-state index contributed by atoms with van der Waals surface area (Å²) in [5.41, 5.74) is 2.36. The summed E-state index contributed by atoms with van der Waals surface area (Å²) in [4.78, 5) is 39.1. The fourth-order valence-electron chi connectivity index (χ4n) is 3.03. The predicted molar refractivity (Wildman–Crippen MR) is 114 cm³/mol. The topological polar surface area (TPSA) is 84.9 Å². The van der Waals surface area contributed by atoms with Crippen LogP contribution in [0.25, 0.3) is 6.08 Å². The van der Waals surface area contributed by atoms with Crippen molar-refractivity contribution in [1.82, 2.24) is 5.32 Å². The number of aryl methyl sites for hydroxylation is 2. The molecule has 2 aromatic rings. The Bertz CT molecular complexity index is 1070. The Labute approximate surface area is 174 Å². The average Bonchev–Trinajstić information content (AvgIpc) is 2.72. The molecule has 1 aliphatic heterocycles. The number of amides is 4. The molecule has 0 radical (unpaired) electrons. The maximum Gasteiger partial charge on any atom is 0.335 e. The zero-order valence-electron chi connectivity index (χ0n) is 17.0. The van der Waals surface area contributed by atoms with Crippen molar-refractivity contribution >= 4 is 29.6 Å². The van der Waals surface area contributed by atoms with Gasteiger partial charge in [0.25, 0.3) is 11.8 Å². The summed E-state index contributed by atoms with van der Waals surface area (Å²) in [6.07, 6.45) is 2.98. The van der Waals surface area contributed by atoms with E-state index in [2.05, 4.69) is 11.9 Å². The number of methoxy groups -OCH3 is 1. The normalized spacial score (nSPS) is 15.2. The van der Waals surface area contributed by atoms with E-state index in [1.807, 2.05) is 19.1 Å². The SMILES string of the molecule is C=CCOc1cc(OC)ccc1/C=C1\C(=O)NC(=O)N(c2cc(C)ccc2C)C1=O. The number of carbonyl (C=O) groups is 3.